The van der Waals surface area contributed by atoms with E-state index in [9.17, 15) is 14.4 Å². The second kappa shape index (κ2) is 6.95. The number of carbonyl (C=O) groups excluding carboxylic acids is 2. The van der Waals surface area contributed by atoms with E-state index in [4.69, 9.17) is 4.42 Å². The Balaban J connectivity index is 2.35. The summed E-state index contributed by atoms with van der Waals surface area (Å²) in [5.41, 5.74) is -0.0292. The van der Waals surface area contributed by atoms with E-state index in [2.05, 4.69) is 5.32 Å². The van der Waals surface area contributed by atoms with Gasteiger partial charge in [0.25, 0.3) is 17.4 Å². The molecule has 0 fully saturated rings. The highest BCUT2D eigenvalue weighted by Crippen LogP contribution is 2.10. The van der Waals surface area contributed by atoms with E-state index < -0.39 is 11.5 Å². The maximum Gasteiger partial charge on any atom is 0.291 e. The minimum absolute atomic E-state index is 0.0342. The van der Waals surface area contributed by atoms with Crippen molar-refractivity contribution in [1.82, 2.24) is 9.47 Å². The number of hydrogen-bond donors (Lipinski definition) is 1. The van der Waals surface area contributed by atoms with Crippen LogP contribution in [0, 0.1) is 0 Å². The molecule has 0 aliphatic carbocycles. The molecule has 2 aromatic heterocycles. The molecule has 0 saturated carbocycles. The van der Waals surface area contributed by atoms with Crippen LogP contribution in [0.15, 0.2) is 39.9 Å². The van der Waals surface area contributed by atoms with E-state index in [1.807, 2.05) is 13.8 Å². The molecule has 122 valence electrons. The third-order valence-electron chi connectivity index (χ3n) is 3.47. The largest absolute Gasteiger partial charge is 0.459 e. The number of amides is 2. The van der Waals surface area contributed by atoms with Crippen molar-refractivity contribution in [3.05, 3.63) is 52.3 Å². The molecule has 0 aromatic carbocycles. The molecule has 2 rings (SSSR count). The van der Waals surface area contributed by atoms with Crippen molar-refractivity contribution < 1.29 is 14.0 Å². The number of pyridine rings is 1. The summed E-state index contributed by atoms with van der Waals surface area (Å²) in [7, 11) is 1.53. The Hall–Kier alpha value is -2.83. The van der Waals surface area contributed by atoms with Gasteiger partial charge in [0.05, 0.1) is 11.8 Å². The molecule has 0 spiro atoms. The summed E-state index contributed by atoms with van der Waals surface area (Å²) >= 11 is 0. The monoisotopic (exact) mass is 317 g/mol. The minimum atomic E-state index is -0.542. The van der Waals surface area contributed by atoms with Gasteiger partial charge in [-0.25, -0.2) is 0 Å². The lowest BCUT2D eigenvalue weighted by Gasteiger charge is -2.19. The van der Waals surface area contributed by atoms with Gasteiger partial charge in [0.2, 0.25) is 0 Å². The molecule has 0 atom stereocenters. The predicted molar refractivity (Wildman–Crippen MR) is 85.6 cm³/mol. The number of hydrogen-bond acceptors (Lipinski definition) is 4. The molecule has 0 aliphatic rings. The van der Waals surface area contributed by atoms with Gasteiger partial charge in [0.15, 0.2) is 5.76 Å². The van der Waals surface area contributed by atoms with Crippen LogP contribution in [0.25, 0.3) is 0 Å². The average molecular weight is 317 g/mol. The van der Waals surface area contributed by atoms with E-state index in [-0.39, 0.29) is 17.4 Å². The number of nitrogens with zero attached hydrogens (tertiary/aromatic N) is 2. The molecular formula is C16H19N3O4. The molecule has 1 N–H and O–H groups in total. The lowest BCUT2D eigenvalue weighted by atomic mass is 10.2. The van der Waals surface area contributed by atoms with Gasteiger partial charge in [-0.2, -0.15) is 0 Å². The summed E-state index contributed by atoms with van der Waals surface area (Å²) in [6.07, 6.45) is 2.83. The zero-order valence-electron chi connectivity index (χ0n) is 13.3. The zero-order chi connectivity index (χ0) is 17.0. The molecular weight excluding hydrogens is 298 g/mol. The Bertz CT molecular complexity index is 758. The molecule has 0 saturated heterocycles. The predicted octanol–water partition coefficient (Wildman–Crippen LogP) is 1.71. The maximum absolute atomic E-state index is 12.4. The van der Waals surface area contributed by atoms with Crippen molar-refractivity contribution >= 4 is 17.5 Å². The number of anilines is 1. The number of aromatic nitrogens is 1. The normalized spacial score (nSPS) is 10.4. The Morgan fingerprint density at radius 2 is 2.00 bits per heavy atom. The number of nitrogens with one attached hydrogen (secondary N) is 1. The topological polar surface area (TPSA) is 84.6 Å². The van der Waals surface area contributed by atoms with Gasteiger partial charge >= 0.3 is 0 Å². The van der Waals surface area contributed by atoms with Gasteiger partial charge in [-0.1, -0.05) is 0 Å². The Morgan fingerprint density at radius 3 is 2.57 bits per heavy atom. The molecule has 2 aromatic rings. The molecule has 2 heterocycles. The van der Waals surface area contributed by atoms with Crippen molar-refractivity contribution in [3.8, 4) is 0 Å². The van der Waals surface area contributed by atoms with Crippen molar-refractivity contribution in [3.63, 3.8) is 0 Å². The highest BCUT2D eigenvalue weighted by Gasteiger charge is 2.17. The van der Waals surface area contributed by atoms with Gasteiger partial charge in [0.1, 0.15) is 5.69 Å². The third-order valence-corrected chi connectivity index (χ3v) is 3.47. The number of rotatable bonds is 5. The van der Waals surface area contributed by atoms with E-state index in [1.54, 1.807) is 11.0 Å². The molecule has 7 nitrogen and oxygen atoms in total. The van der Waals surface area contributed by atoms with Crippen molar-refractivity contribution in [2.45, 2.75) is 13.8 Å². The summed E-state index contributed by atoms with van der Waals surface area (Å²) in [5, 5.41) is 2.49. The summed E-state index contributed by atoms with van der Waals surface area (Å²) in [6, 6.07) is 4.46. The minimum Gasteiger partial charge on any atom is -0.459 e. The smallest absolute Gasteiger partial charge is 0.291 e. The van der Waals surface area contributed by atoms with Crippen molar-refractivity contribution in [2.24, 2.45) is 7.05 Å². The fraction of sp³-hybridized carbons (Fsp3) is 0.312. The quantitative estimate of drug-likeness (QED) is 0.910. The first-order chi connectivity index (χ1) is 11.0. The Labute approximate surface area is 133 Å². The highest BCUT2D eigenvalue weighted by molar-refractivity contribution is 6.03. The van der Waals surface area contributed by atoms with Crippen LogP contribution in [0.4, 0.5) is 5.69 Å². The first-order valence-corrected chi connectivity index (χ1v) is 7.32. The SMILES string of the molecule is CCN(CC)C(=O)c1cc(NC(=O)c2ccco2)c(=O)n(C)c1. The van der Waals surface area contributed by atoms with Crippen molar-refractivity contribution in [1.29, 1.82) is 0 Å². The van der Waals surface area contributed by atoms with Gasteiger partial charge in [-0.3, -0.25) is 14.4 Å². The Kier molecular flexibility index (Phi) is 5.00. The van der Waals surface area contributed by atoms with Crippen LogP contribution < -0.4 is 10.9 Å². The Morgan fingerprint density at radius 1 is 1.30 bits per heavy atom. The molecule has 2 amide bonds. The van der Waals surface area contributed by atoms with Crippen LogP contribution in [0.3, 0.4) is 0 Å². The van der Waals surface area contributed by atoms with E-state index in [1.165, 1.54) is 36.2 Å². The third kappa shape index (κ3) is 3.50. The molecule has 0 radical (unpaired) electrons. The summed E-state index contributed by atoms with van der Waals surface area (Å²) in [6.45, 7) is 4.88. The van der Waals surface area contributed by atoms with Crippen LogP contribution >= 0.6 is 0 Å². The first kappa shape index (κ1) is 16.5. The molecule has 7 heteroatoms. The van der Waals surface area contributed by atoms with Crippen LogP contribution in [0.1, 0.15) is 34.8 Å². The second-order valence-corrected chi connectivity index (χ2v) is 4.97. The molecule has 0 unspecified atom stereocenters. The molecule has 0 bridgehead atoms. The van der Waals surface area contributed by atoms with Gasteiger partial charge in [-0.15, -0.1) is 0 Å². The summed E-state index contributed by atoms with van der Waals surface area (Å²) < 4.78 is 6.26. The number of aryl methyl sites for hydroxylation is 1. The number of furan rings is 1. The second-order valence-electron chi connectivity index (χ2n) is 4.97. The van der Waals surface area contributed by atoms with E-state index in [0.717, 1.165) is 0 Å². The van der Waals surface area contributed by atoms with Gasteiger partial charge in [0, 0.05) is 26.3 Å². The van der Waals surface area contributed by atoms with Gasteiger partial charge in [-0.05, 0) is 32.0 Å². The first-order valence-electron chi connectivity index (χ1n) is 7.32. The number of carbonyl (C=O) groups is 2. The van der Waals surface area contributed by atoms with Crippen LogP contribution in [0.2, 0.25) is 0 Å². The van der Waals surface area contributed by atoms with Crippen LogP contribution in [0.5, 0.6) is 0 Å². The van der Waals surface area contributed by atoms with Crippen molar-refractivity contribution in [2.75, 3.05) is 18.4 Å². The summed E-state index contributed by atoms with van der Waals surface area (Å²) in [4.78, 5) is 38.2. The lowest BCUT2D eigenvalue weighted by Crippen LogP contribution is -2.32. The van der Waals surface area contributed by atoms with Crippen LogP contribution in [-0.2, 0) is 7.05 Å². The average Bonchev–Trinajstić information content (AvgIpc) is 3.07. The van der Waals surface area contributed by atoms with Gasteiger partial charge < -0.3 is 19.2 Å². The van der Waals surface area contributed by atoms with E-state index >= 15 is 0 Å². The molecule has 23 heavy (non-hydrogen) atoms. The van der Waals surface area contributed by atoms with Crippen LogP contribution in [-0.4, -0.2) is 34.4 Å². The summed E-state index contributed by atoms with van der Waals surface area (Å²) in [5.74, 6) is -0.647. The fourth-order valence-corrected chi connectivity index (χ4v) is 2.20. The highest BCUT2D eigenvalue weighted by atomic mass is 16.3. The zero-order valence-corrected chi connectivity index (χ0v) is 13.3. The van der Waals surface area contributed by atoms with E-state index in [0.29, 0.717) is 18.7 Å². The molecule has 0 aliphatic heterocycles. The maximum atomic E-state index is 12.4. The standard InChI is InChI=1S/C16H19N3O4/c1-4-19(5-2)15(21)11-9-12(16(22)18(3)10-11)17-14(20)13-7-6-8-23-13/h6-10H,4-5H2,1-3H3,(H,17,20). The lowest BCUT2D eigenvalue weighted by molar-refractivity contribution is 0.0771. The fourth-order valence-electron chi connectivity index (χ4n) is 2.20.